The van der Waals surface area contributed by atoms with Gasteiger partial charge in [0.1, 0.15) is 0 Å². The quantitative estimate of drug-likeness (QED) is 0.746. The van der Waals surface area contributed by atoms with E-state index in [0.717, 1.165) is 21.5 Å². The first-order valence-electron chi connectivity index (χ1n) is 5.08. The lowest BCUT2D eigenvalue weighted by molar-refractivity contribution is 0.971. The van der Waals surface area contributed by atoms with E-state index in [1.807, 2.05) is 42.5 Å². The van der Waals surface area contributed by atoms with Crippen molar-refractivity contribution in [2.45, 2.75) is 20.3 Å². The van der Waals surface area contributed by atoms with Crippen LogP contribution in [-0.2, 0) is 6.42 Å². The Morgan fingerprint density at radius 1 is 1.59 bits per heavy atom. The lowest BCUT2D eigenvalue weighted by Crippen LogP contribution is -2.15. The number of aromatic amines is 1. The van der Waals surface area contributed by atoms with E-state index < -0.39 is 0 Å². The summed E-state index contributed by atoms with van der Waals surface area (Å²) in [5.74, 6) is 0.658. The van der Waals surface area contributed by atoms with E-state index in [2.05, 4.69) is 25.9 Å². The second kappa shape index (κ2) is 5.19. The molecule has 0 unspecified atom stereocenters. The summed E-state index contributed by atoms with van der Waals surface area (Å²) in [4.78, 5) is 21.3. The molecular formula is C11H10BrIN2OS. The normalized spacial score (nSPS) is 10.8. The van der Waals surface area contributed by atoms with Crippen LogP contribution in [0.5, 0.6) is 0 Å². The fourth-order valence-electron chi connectivity index (χ4n) is 1.43. The molecule has 2 rings (SSSR count). The summed E-state index contributed by atoms with van der Waals surface area (Å²) >= 11 is 7.13. The van der Waals surface area contributed by atoms with Gasteiger partial charge in [-0.05, 0) is 57.9 Å². The van der Waals surface area contributed by atoms with E-state index in [1.54, 1.807) is 11.3 Å². The fourth-order valence-corrected chi connectivity index (χ4v) is 3.55. The zero-order valence-electron chi connectivity index (χ0n) is 9.30. The molecule has 0 saturated heterocycles. The number of aromatic nitrogens is 2. The van der Waals surface area contributed by atoms with E-state index in [4.69, 9.17) is 0 Å². The first-order valence-corrected chi connectivity index (χ1v) is 7.76. The van der Waals surface area contributed by atoms with Crippen molar-refractivity contribution in [3.63, 3.8) is 0 Å². The number of thiophene rings is 1. The molecule has 0 saturated carbocycles. The van der Waals surface area contributed by atoms with Gasteiger partial charge in [-0.25, -0.2) is 4.98 Å². The molecule has 0 aliphatic carbocycles. The summed E-state index contributed by atoms with van der Waals surface area (Å²) in [5, 5.41) is 0. The Hall–Kier alpha value is -0.210. The number of halogens is 2. The Balaban J connectivity index is 2.60. The third kappa shape index (κ3) is 2.63. The van der Waals surface area contributed by atoms with E-state index in [0.29, 0.717) is 9.39 Å². The highest BCUT2D eigenvalue weighted by Crippen LogP contribution is 2.32. The van der Waals surface area contributed by atoms with Gasteiger partial charge < -0.3 is 4.98 Å². The number of rotatable bonds is 2. The molecule has 0 fully saturated rings. The van der Waals surface area contributed by atoms with Gasteiger partial charge in [0.25, 0.3) is 5.56 Å². The summed E-state index contributed by atoms with van der Waals surface area (Å²) in [7, 11) is 0. The number of nitrogens with one attached hydrogen (secondary N) is 1. The van der Waals surface area contributed by atoms with Gasteiger partial charge in [0.05, 0.1) is 14.1 Å². The molecule has 0 aliphatic heterocycles. The maximum absolute atomic E-state index is 11.8. The molecule has 3 nitrogen and oxygen atoms in total. The van der Waals surface area contributed by atoms with Gasteiger partial charge >= 0.3 is 0 Å². The Morgan fingerprint density at radius 2 is 2.29 bits per heavy atom. The SMILES string of the molecule is CCc1nc(-c2cc(Br)c(C)s2)[nH]c(=O)c1I. The molecule has 90 valence electrons. The summed E-state index contributed by atoms with van der Waals surface area (Å²) < 4.78 is 1.73. The predicted molar refractivity (Wildman–Crippen MR) is 82.7 cm³/mol. The van der Waals surface area contributed by atoms with E-state index in [-0.39, 0.29) is 5.56 Å². The molecule has 0 aromatic carbocycles. The fraction of sp³-hybridized carbons (Fsp3) is 0.273. The van der Waals surface area contributed by atoms with Crippen LogP contribution in [0.3, 0.4) is 0 Å². The number of aryl methyl sites for hydroxylation is 2. The lowest BCUT2D eigenvalue weighted by atomic mass is 10.3. The van der Waals surface area contributed by atoms with Gasteiger partial charge in [-0.1, -0.05) is 6.92 Å². The van der Waals surface area contributed by atoms with Crippen LogP contribution in [0.25, 0.3) is 10.7 Å². The summed E-state index contributed by atoms with van der Waals surface area (Å²) in [5.41, 5.74) is 0.793. The van der Waals surface area contributed by atoms with Crippen molar-refractivity contribution in [3.8, 4) is 10.7 Å². The molecule has 0 bridgehead atoms. The number of nitrogens with zero attached hydrogens (tertiary/aromatic N) is 1. The summed E-state index contributed by atoms with van der Waals surface area (Å²) in [6.45, 7) is 4.03. The topological polar surface area (TPSA) is 45.8 Å². The molecule has 2 heterocycles. The highest BCUT2D eigenvalue weighted by atomic mass is 127. The molecule has 1 N–H and O–H groups in total. The van der Waals surface area contributed by atoms with Gasteiger partial charge in [-0.15, -0.1) is 11.3 Å². The van der Waals surface area contributed by atoms with Crippen LogP contribution in [-0.4, -0.2) is 9.97 Å². The van der Waals surface area contributed by atoms with Crippen molar-refractivity contribution in [1.82, 2.24) is 9.97 Å². The minimum Gasteiger partial charge on any atom is -0.305 e. The van der Waals surface area contributed by atoms with Gasteiger partial charge in [0.15, 0.2) is 5.82 Å². The van der Waals surface area contributed by atoms with Crippen LogP contribution in [0, 0.1) is 10.5 Å². The van der Waals surface area contributed by atoms with E-state index in [9.17, 15) is 4.79 Å². The molecule has 2 aromatic heterocycles. The van der Waals surface area contributed by atoms with Gasteiger partial charge in [0.2, 0.25) is 0 Å². The zero-order chi connectivity index (χ0) is 12.6. The molecule has 0 amide bonds. The van der Waals surface area contributed by atoms with Gasteiger partial charge in [0, 0.05) is 9.35 Å². The minimum absolute atomic E-state index is 0.0605. The third-order valence-corrected chi connectivity index (χ3v) is 5.61. The standard InChI is InChI=1S/C11H10BrIN2OS/c1-3-7-9(13)11(16)15-10(14-7)8-4-6(12)5(2)17-8/h4H,3H2,1-2H3,(H,14,15,16). The number of hydrogen-bond donors (Lipinski definition) is 1. The average molecular weight is 425 g/mol. The van der Waals surface area contributed by atoms with Crippen molar-refractivity contribution in [3.05, 3.63) is 35.0 Å². The molecule has 0 atom stereocenters. The predicted octanol–water partition coefficient (Wildman–Crippen LogP) is 3.74. The Labute approximate surface area is 125 Å². The third-order valence-electron chi connectivity index (χ3n) is 2.36. The summed E-state index contributed by atoms with van der Waals surface area (Å²) in [6.07, 6.45) is 0.765. The molecule has 0 radical (unpaired) electrons. The monoisotopic (exact) mass is 424 g/mol. The van der Waals surface area contributed by atoms with Crippen LogP contribution in [0.4, 0.5) is 0 Å². The molecular weight excluding hydrogens is 415 g/mol. The van der Waals surface area contributed by atoms with Crippen LogP contribution in [0.2, 0.25) is 0 Å². The van der Waals surface area contributed by atoms with Crippen molar-refractivity contribution >= 4 is 49.9 Å². The molecule has 2 aromatic rings. The van der Waals surface area contributed by atoms with E-state index in [1.165, 1.54) is 4.88 Å². The largest absolute Gasteiger partial charge is 0.305 e. The van der Waals surface area contributed by atoms with Crippen LogP contribution in [0.1, 0.15) is 17.5 Å². The molecule has 0 spiro atoms. The second-order valence-electron chi connectivity index (χ2n) is 3.54. The maximum Gasteiger partial charge on any atom is 0.264 e. The average Bonchev–Trinajstić information content (AvgIpc) is 2.63. The maximum atomic E-state index is 11.8. The Bertz CT molecular complexity index is 601. The number of H-pyrrole nitrogens is 1. The van der Waals surface area contributed by atoms with Crippen molar-refractivity contribution in [1.29, 1.82) is 0 Å². The smallest absolute Gasteiger partial charge is 0.264 e. The second-order valence-corrected chi connectivity index (χ2v) is 6.73. The van der Waals surface area contributed by atoms with Crippen LogP contribution in [0.15, 0.2) is 15.3 Å². The van der Waals surface area contributed by atoms with Crippen LogP contribution < -0.4 is 5.56 Å². The molecule has 0 aliphatic rings. The van der Waals surface area contributed by atoms with E-state index >= 15 is 0 Å². The van der Waals surface area contributed by atoms with Gasteiger partial charge in [-0.3, -0.25) is 4.79 Å². The molecule has 6 heteroatoms. The Kier molecular flexibility index (Phi) is 4.04. The number of hydrogen-bond acceptors (Lipinski definition) is 3. The Morgan fingerprint density at radius 3 is 2.82 bits per heavy atom. The van der Waals surface area contributed by atoms with Crippen LogP contribution >= 0.6 is 49.9 Å². The van der Waals surface area contributed by atoms with Crippen molar-refractivity contribution in [2.24, 2.45) is 0 Å². The van der Waals surface area contributed by atoms with Crippen molar-refractivity contribution < 1.29 is 0 Å². The zero-order valence-corrected chi connectivity index (χ0v) is 13.9. The first kappa shape index (κ1) is 13.2. The van der Waals surface area contributed by atoms with Crippen molar-refractivity contribution in [2.75, 3.05) is 0 Å². The highest BCUT2D eigenvalue weighted by molar-refractivity contribution is 14.1. The highest BCUT2D eigenvalue weighted by Gasteiger charge is 2.11. The minimum atomic E-state index is -0.0605. The first-order chi connectivity index (χ1) is 8.02. The summed E-state index contributed by atoms with van der Waals surface area (Å²) in [6, 6.07) is 1.99. The molecule has 17 heavy (non-hydrogen) atoms. The lowest BCUT2D eigenvalue weighted by Gasteiger charge is -2.02. The van der Waals surface area contributed by atoms with Gasteiger partial charge in [-0.2, -0.15) is 0 Å².